The zero-order chi connectivity index (χ0) is 25.2. The van der Waals surface area contributed by atoms with Crippen LogP contribution in [0.5, 0.6) is 5.75 Å². The van der Waals surface area contributed by atoms with E-state index in [1.807, 2.05) is 54.0 Å². The topological polar surface area (TPSA) is 108 Å². The minimum atomic E-state index is -0.0654. The fourth-order valence-electron chi connectivity index (χ4n) is 4.59. The average molecular weight is 498 g/mol. The van der Waals surface area contributed by atoms with Crippen molar-refractivity contribution < 1.29 is 9.47 Å². The van der Waals surface area contributed by atoms with Crippen LogP contribution >= 0.6 is 0 Å². The van der Waals surface area contributed by atoms with Crippen LogP contribution in [0.4, 0.5) is 11.8 Å². The van der Waals surface area contributed by atoms with E-state index in [1.165, 1.54) is 0 Å². The molecule has 1 N–H and O–H groups in total. The van der Waals surface area contributed by atoms with Gasteiger partial charge in [0.1, 0.15) is 11.6 Å². The summed E-state index contributed by atoms with van der Waals surface area (Å²) in [5, 5.41) is 16.6. The minimum Gasteiger partial charge on any atom is -0.497 e. The van der Waals surface area contributed by atoms with Crippen LogP contribution in [0.1, 0.15) is 17.4 Å². The third-order valence-electron chi connectivity index (χ3n) is 6.54. The second-order valence-electron chi connectivity index (χ2n) is 8.76. The molecule has 4 aromatic heterocycles. The van der Waals surface area contributed by atoms with Crippen molar-refractivity contribution >= 4 is 17.4 Å². The number of hydrogen-bond donors (Lipinski definition) is 1. The molecule has 0 amide bonds. The Labute approximate surface area is 213 Å². The largest absolute Gasteiger partial charge is 0.497 e. The number of nitrogens with one attached hydrogen (secondary N) is 1. The smallest absolute Gasteiger partial charge is 0.228 e. The Morgan fingerprint density at radius 1 is 1.00 bits per heavy atom. The Morgan fingerprint density at radius 3 is 2.59 bits per heavy atom. The number of hydrogen-bond acceptors (Lipinski definition) is 9. The highest BCUT2D eigenvalue weighted by atomic mass is 16.5. The molecule has 6 rings (SSSR count). The van der Waals surface area contributed by atoms with Crippen molar-refractivity contribution in [3.05, 3.63) is 78.5 Å². The second-order valence-corrected chi connectivity index (χ2v) is 8.76. The minimum absolute atomic E-state index is 0.0654. The molecule has 1 atom stereocenters. The number of benzene rings is 1. The van der Waals surface area contributed by atoms with Crippen LogP contribution in [0.3, 0.4) is 0 Å². The van der Waals surface area contributed by atoms with Crippen molar-refractivity contribution in [3.8, 4) is 17.0 Å². The molecule has 1 aromatic carbocycles. The summed E-state index contributed by atoms with van der Waals surface area (Å²) in [5.41, 5.74) is 3.59. The van der Waals surface area contributed by atoms with E-state index in [0.29, 0.717) is 19.2 Å². The number of ether oxygens (including phenoxy) is 2. The number of rotatable bonds is 7. The number of methoxy groups -OCH3 is 1. The molecule has 1 aliphatic heterocycles. The van der Waals surface area contributed by atoms with Crippen LogP contribution in [-0.4, -0.2) is 72.7 Å². The highest BCUT2D eigenvalue weighted by molar-refractivity contribution is 5.65. The maximum absolute atomic E-state index is 5.61. The highest BCUT2D eigenvalue weighted by Gasteiger charge is 2.28. The third kappa shape index (κ3) is 4.61. The fraction of sp³-hybridized carbons (Fsp3) is 0.269. The van der Waals surface area contributed by atoms with E-state index < -0.39 is 0 Å². The van der Waals surface area contributed by atoms with E-state index >= 15 is 0 Å². The van der Waals surface area contributed by atoms with Gasteiger partial charge in [0.05, 0.1) is 38.3 Å². The lowest BCUT2D eigenvalue weighted by Gasteiger charge is -2.33. The summed E-state index contributed by atoms with van der Waals surface area (Å²) in [4.78, 5) is 11.4. The van der Waals surface area contributed by atoms with Crippen molar-refractivity contribution in [2.24, 2.45) is 7.05 Å². The van der Waals surface area contributed by atoms with Gasteiger partial charge in [-0.25, -0.2) is 9.97 Å². The lowest BCUT2D eigenvalue weighted by molar-refractivity contribution is 0.0222. The van der Waals surface area contributed by atoms with Gasteiger partial charge in [-0.15, -0.1) is 10.2 Å². The summed E-state index contributed by atoms with van der Waals surface area (Å²) in [7, 11) is 3.53. The first-order valence-corrected chi connectivity index (χ1v) is 12.1. The van der Waals surface area contributed by atoms with E-state index in [2.05, 4.69) is 42.6 Å². The van der Waals surface area contributed by atoms with E-state index in [1.54, 1.807) is 24.2 Å². The van der Waals surface area contributed by atoms with Gasteiger partial charge in [-0.3, -0.25) is 14.0 Å². The fourth-order valence-corrected chi connectivity index (χ4v) is 4.59. The molecule has 37 heavy (non-hydrogen) atoms. The van der Waals surface area contributed by atoms with Crippen LogP contribution in [-0.2, 0) is 11.8 Å². The summed E-state index contributed by atoms with van der Waals surface area (Å²) < 4.78 is 14.8. The van der Waals surface area contributed by atoms with Crippen LogP contribution in [0.25, 0.3) is 16.9 Å². The van der Waals surface area contributed by atoms with Crippen LogP contribution in [0, 0.1) is 0 Å². The summed E-state index contributed by atoms with van der Waals surface area (Å²) in [6.07, 6.45) is 5.46. The van der Waals surface area contributed by atoms with Crippen LogP contribution in [0.2, 0.25) is 0 Å². The lowest BCUT2D eigenvalue weighted by atomic mass is 10.0. The van der Waals surface area contributed by atoms with Crippen LogP contribution < -0.4 is 10.1 Å². The molecular formula is C26H27N9O2. The normalized spacial score (nSPS) is 15.1. The maximum Gasteiger partial charge on any atom is 0.228 e. The molecule has 5 heterocycles. The maximum atomic E-state index is 5.61. The number of nitrogens with zero attached hydrogens (tertiary/aromatic N) is 8. The van der Waals surface area contributed by atoms with Crippen molar-refractivity contribution in [3.63, 3.8) is 0 Å². The molecule has 1 unspecified atom stereocenters. The van der Waals surface area contributed by atoms with Gasteiger partial charge in [0.15, 0.2) is 11.5 Å². The molecule has 0 aliphatic carbocycles. The predicted octanol–water partition coefficient (Wildman–Crippen LogP) is 3.09. The number of pyridine rings is 1. The standard InChI is InChI=1S/C26H27N9O2/c1-33-22(8-11-28-33)30-26-27-10-7-21(29-26)19-9-12-35-23(17-19)31-32-25(35)24(34-13-15-37-16-14-34)18-3-5-20(36-2)6-4-18/h3-12,17,24H,13-16H2,1-2H3,(H,27,29,30). The van der Waals surface area contributed by atoms with Crippen molar-refractivity contribution in [2.75, 3.05) is 38.7 Å². The molecule has 1 fully saturated rings. The van der Waals surface area contributed by atoms with Crippen molar-refractivity contribution in [2.45, 2.75) is 6.04 Å². The number of aryl methyl sites for hydroxylation is 1. The molecule has 0 saturated carbocycles. The molecule has 0 bridgehead atoms. The van der Waals surface area contributed by atoms with Gasteiger partial charge in [0.2, 0.25) is 5.95 Å². The summed E-state index contributed by atoms with van der Waals surface area (Å²) >= 11 is 0. The molecule has 11 heteroatoms. The summed E-state index contributed by atoms with van der Waals surface area (Å²) in [6, 6.07) is 15.9. The second kappa shape index (κ2) is 9.96. The molecule has 5 aromatic rings. The molecule has 0 spiro atoms. The molecule has 1 saturated heterocycles. The van der Waals surface area contributed by atoms with Crippen molar-refractivity contribution in [1.82, 2.24) is 39.2 Å². The first-order chi connectivity index (χ1) is 18.2. The van der Waals surface area contributed by atoms with Gasteiger partial charge in [-0.05, 0) is 35.9 Å². The first-order valence-electron chi connectivity index (χ1n) is 12.1. The van der Waals surface area contributed by atoms with Gasteiger partial charge in [0.25, 0.3) is 0 Å². The monoisotopic (exact) mass is 497 g/mol. The Balaban J connectivity index is 1.34. The highest BCUT2D eigenvalue weighted by Crippen LogP contribution is 2.31. The number of anilines is 2. The summed E-state index contributed by atoms with van der Waals surface area (Å²) in [6.45, 7) is 3.01. The lowest BCUT2D eigenvalue weighted by Crippen LogP contribution is -2.40. The Morgan fingerprint density at radius 2 is 1.84 bits per heavy atom. The number of morpholine rings is 1. The van der Waals surface area contributed by atoms with Gasteiger partial charge in [-0.1, -0.05) is 12.1 Å². The molecule has 1 aliphatic rings. The molecule has 0 radical (unpaired) electrons. The van der Waals surface area contributed by atoms with Gasteiger partial charge in [-0.2, -0.15) is 5.10 Å². The zero-order valence-corrected chi connectivity index (χ0v) is 20.7. The van der Waals surface area contributed by atoms with Crippen molar-refractivity contribution in [1.29, 1.82) is 0 Å². The molecular weight excluding hydrogens is 470 g/mol. The first kappa shape index (κ1) is 23.1. The molecule has 188 valence electrons. The quantitative estimate of drug-likeness (QED) is 0.363. The van der Waals surface area contributed by atoms with E-state index in [4.69, 9.17) is 14.5 Å². The predicted molar refractivity (Wildman–Crippen MR) is 138 cm³/mol. The Kier molecular flexibility index (Phi) is 6.21. The SMILES string of the molecule is COc1ccc(C(c2nnc3cc(-c4ccnc(Nc5ccnn5C)n4)ccn23)N2CCOCC2)cc1. The number of aromatic nitrogens is 7. The van der Waals surface area contributed by atoms with E-state index in [0.717, 1.165) is 52.9 Å². The van der Waals surface area contributed by atoms with Gasteiger partial charge in [0, 0.05) is 44.2 Å². The zero-order valence-electron chi connectivity index (χ0n) is 20.7. The molecule has 11 nitrogen and oxygen atoms in total. The third-order valence-corrected chi connectivity index (χ3v) is 6.54. The van der Waals surface area contributed by atoms with Crippen LogP contribution in [0.15, 0.2) is 67.1 Å². The van der Waals surface area contributed by atoms with Gasteiger partial charge < -0.3 is 14.8 Å². The van der Waals surface area contributed by atoms with Gasteiger partial charge >= 0.3 is 0 Å². The van der Waals surface area contributed by atoms with E-state index in [9.17, 15) is 0 Å². The average Bonchev–Trinajstić information content (AvgIpc) is 3.55. The number of fused-ring (bicyclic) bond motifs is 1. The van der Waals surface area contributed by atoms with E-state index in [-0.39, 0.29) is 6.04 Å². The Hall–Kier alpha value is -4.35. The summed E-state index contributed by atoms with van der Waals surface area (Å²) in [5.74, 6) is 2.98. The Bertz CT molecular complexity index is 1510.